The summed E-state index contributed by atoms with van der Waals surface area (Å²) < 4.78 is 10.2. The van der Waals surface area contributed by atoms with Gasteiger partial charge in [0.1, 0.15) is 17.6 Å². The van der Waals surface area contributed by atoms with Crippen molar-refractivity contribution in [2.24, 2.45) is 0 Å². The van der Waals surface area contributed by atoms with Crippen LogP contribution < -0.4 is 20.3 Å². The van der Waals surface area contributed by atoms with Gasteiger partial charge < -0.3 is 19.9 Å². The third-order valence-corrected chi connectivity index (χ3v) is 6.00. The van der Waals surface area contributed by atoms with E-state index < -0.39 is 23.8 Å². The Bertz CT molecular complexity index is 1500. The van der Waals surface area contributed by atoms with E-state index in [2.05, 4.69) is 20.8 Å². The first-order chi connectivity index (χ1) is 19.4. The zero-order valence-corrected chi connectivity index (χ0v) is 22.3. The molecular formula is C30H29N5O5. The molecule has 4 aromatic rings. The molecule has 1 atom stereocenters. The number of para-hydroxylation sites is 1. The van der Waals surface area contributed by atoms with Crippen LogP contribution in [0.15, 0.2) is 95.8 Å². The van der Waals surface area contributed by atoms with Gasteiger partial charge in [-0.1, -0.05) is 41.6 Å². The van der Waals surface area contributed by atoms with Gasteiger partial charge in [0, 0.05) is 48.4 Å². The van der Waals surface area contributed by atoms with Gasteiger partial charge in [-0.2, -0.15) is 0 Å². The number of benzene rings is 2. The first-order valence-corrected chi connectivity index (χ1v) is 12.5. The summed E-state index contributed by atoms with van der Waals surface area (Å²) in [6.07, 6.45) is 5.34. The molecule has 4 rings (SSSR count). The van der Waals surface area contributed by atoms with Gasteiger partial charge in [0.05, 0.1) is 7.11 Å². The number of carbonyl (C=O) groups is 3. The molecule has 3 amide bonds. The van der Waals surface area contributed by atoms with Crippen molar-refractivity contribution in [3.63, 3.8) is 0 Å². The minimum absolute atomic E-state index is 0.224. The van der Waals surface area contributed by atoms with Gasteiger partial charge in [-0.3, -0.25) is 24.3 Å². The Morgan fingerprint density at radius 3 is 2.45 bits per heavy atom. The second-order valence-electron chi connectivity index (χ2n) is 8.89. The van der Waals surface area contributed by atoms with Gasteiger partial charge in [0.2, 0.25) is 11.8 Å². The molecule has 10 nitrogen and oxygen atoms in total. The number of carbonyl (C=O) groups excluding carboxylic acids is 3. The van der Waals surface area contributed by atoms with E-state index in [1.54, 1.807) is 68.9 Å². The highest BCUT2D eigenvalue weighted by Gasteiger charge is 2.33. The van der Waals surface area contributed by atoms with Crippen LogP contribution in [0.2, 0.25) is 0 Å². The van der Waals surface area contributed by atoms with E-state index in [0.717, 1.165) is 23.3 Å². The molecule has 0 aliphatic rings. The van der Waals surface area contributed by atoms with Crippen LogP contribution in [0.3, 0.4) is 0 Å². The van der Waals surface area contributed by atoms with Crippen molar-refractivity contribution in [1.82, 2.24) is 15.5 Å². The molecule has 10 heteroatoms. The zero-order chi connectivity index (χ0) is 28.5. The van der Waals surface area contributed by atoms with E-state index in [1.807, 2.05) is 31.2 Å². The van der Waals surface area contributed by atoms with Crippen LogP contribution >= 0.6 is 0 Å². The molecule has 1 unspecified atom stereocenters. The minimum Gasteiger partial charge on any atom is -0.497 e. The summed E-state index contributed by atoms with van der Waals surface area (Å²) in [5.74, 6) is -0.115. The molecule has 2 heterocycles. The fourth-order valence-electron chi connectivity index (χ4n) is 4.02. The largest absolute Gasteiger partial charge is 0.497 e. The van der Waals surface area contributed by atoms with Crippen molar-refractivity contribution in [3.05, 3.63) is 114 Å². The molecule has 0 radical (unpaired) electrons. The zero-order valence-electron chi connectivity index (χ0n) is 22.3. The fourth-order valence-corrected chi connectivity index (χ4v) is 4.02. The van der Waals surface area contributed by atoms with Crippen LogP contribution in [0.1, 0.15) is 28.5 Å². The average Bonchev–Trinajstić information content (AvgIpc) is 3.38. The van der Waals surface area contributed by atoms with Crippen LogP contribution in [0, 0.1) is 13.8 Å². The minimum atomic E-state index is -1.08. The maximum absolute atomic E-state index is 13.8. The Balaban J connectivity index is 1.65. The molecule has 0 bridgehead atoms. The SMILES string of the molecule is COc1ccc(CNC(=O)C(c2cccnc2)N(C(=O)C=CC(=O)Nc2cc(C)on2)c2ccccc2C)cc1. The van der Waals surface area contributed by atoms with E-state index in [1.165, 1.54) is 4.90 Å². The number of hydrogen-bond donors (Lipinski definition) is 2. The summed E-state index contributed by atoms with van der Waals surface area (Å²) in [5.41, 5.74) is 2.64. The van der Waals surface area contributed by atoms with E-state index in [0.29, 0.717) is 22.8 Å². The highest BCUT2D eigenvalue weighted by molar-refractivity contribution is 6.10. The summed E-state index contributed by atoms with van der Waals surface area (Å²) in [6.45, 7) is 3.76. The molecule has 0 spiro atoms. The van der Waals surface area contributed by atoms with Gasteiger partial charge in [-0.25, -0.2) is 0 Å². The lowest BCUT2D eigenvalue weighted by Crippen LogP contribution is -2.43. The van der Waals surface area contributed by atoms with Crippen molar-refractivity contribution in [2.75, 3.05) is 17.3 Å². The summed E-state index contributed by atoms with van der Waals surface area (Å²) in [5, 5.41) is 9.20. The summed E-state index contributed by atoms with van der Waals surface area (Å²) in [6, 6.07) is 18.4. The van der Waals surface area contributed by atoms with Gasteiger partial charge in [0.25, 0.3) is 5.91 Å². The number of aromatic nitrogens is 2. The van der Waals surface area contributed by atoms with Crippen molar-refractivity contribution in [3.8, 4) is 5.75 Å². The smallest absolute Gasteiger partial charge is 0.252 e. The second-order valence-corrected chi connectivity index (χ2v) is 8.89. The normalized spacial score (nSPS) is 11.6. The van der Waals surface area contributed by atoms with E-state index in [4.69, 9.17) is 9.26 Å². The monoisotopic (exact) mass is 539 g/mol. The van der Waals surface area contributed by atoms with Crippen LogP contribution in [-0.2, 0) is 20.9 Å². The molecule has 2 aromatic carbocycles. The predicted molar refractivity (Wildman–Crippen MR) is 149 cm³/mol. The quantitative estimate of drug-likeness (QED) is 0.288. The Morgan fingerprint density at radius 2 is 1.80 bits per heavy atom. The summed E-state index contributed by atoms with van der Waals surface area (Å²) in [4.78, 5) is 45.5. The molecule has 40 heavy (non-hydrogen) atoms. The van der Waals surface area contributed by atoms with Crippen molar-refractivity contribution >= 4 is 29.2 Å². The summed E-state index contributed by atoms with van der Waals surface area (Å²) >= 11 is 0. The molecule has 0 saturated heterocycles. The molecular weight excluding hydrogens is 510 g/mol. The van der Waals surface area contributed by atoms with E-state index in [-0.39, 0.29) is 12.4 Å². The van der Waals surface area contributed by atoms with Gasteiger partial charge >= 0.3 is 0 Å². The number of amides is 3. The molecule has 0 aliphatic carbocycles. The first kappa shape index (κ1) is 27.8. The molecule has 0 fully saturated rings. The lowest BCUT2D eigenvalue weighted by molar-refractivity contribution is -0.125. The van der Waals surface area contributed by atoms with Crippen molar-refractivity contribution in [1.29, 1.82) is 0 Å². The van der Waals surface area contributed by atoms with Crippen molar-refractivity contribution in [2.45, 2.75) is 26.4 Å². The Hall–Kier alpha value is -5.25. The van der Waals surface area contributed by atoms with E-state index in [9.17, 15) is 14.4 Å². The van der Waals surface area contributed by atoms with Crippen LogP contribution in [0.5, 0.6) is 5.75 Å². The second kappa shape index (κ2) is 13.0. The highest BCUT2D eigenvalue weighted by Crippen LogP contribution is 2.30. The summed E-state index contributed by atoms with van der Waals surface area (Å²) in [7, 11) is 1.58. The maximum atomic E-state index is 13.8. The topological polar surface area (TPSA) is 127 Å². The lowest BCUT2D eigenvalue weighted by Gasteiger charge is -2.31. The first-order valence-electron chi connectivity index (χ1n) is 12.5. The Morgan fingerprint density at radius 1 is 1.02 bits per heavy atom. The number of methoxy groups -OCH3 is 1. The number of anilines is 2. The third kappa shape index (κ3) is 6.98. The fraction of sp³-hybridized carbons (Fsp3) is 0.167. The van der Waals surface area contributed by atoms with Gasteiger partial charge in [-0.05, 0) is 49.2 Å². The lowest BCUT2D eigenvalue weighted by atomic mass is 10.0. The number of aryl methyl sites for hydroxylation is 2. The molecule has 0 aliphatic heterocycles. The van der Waals surface area contributed by atoms with Crippen molar-refractivity contribution < 1.29 is 23.6 Å². The number of hydrogen-bond acceptors (Lipinski definition) is 7. The number of nitrogens with zero attached hydrogens (tertiary/aromatic N) is 3. The van der Waals surface area contributed by atoms with Crippen LogP contribution in [0.4, 0.5) is 11.5 Å². The Labute approximate surface area is 231 Å². The van der Waals surface area contributed by atoms with Gasteiger partial charge in [0.15, 0.2) is 5.82 Å². The average molecular weight is 540 g/mol. The van der Waals surface area contributed by atoms with E-state index >= 15 is 0 Å². The van der Waals surface area contributed by atoms with Crippen LogP contribution in [-0.4, -0.2) is 35.0 Å². The third-order valence-electron chi connectivity index (χ3n) is 6.00. The molecule has 204 valence electrons. The predicted octanol–water partition coefficient (Wildman–Crippen LogP) is 4.28. The van der Waals surface area contributed by atoms with Crippen LogP contribution in [0.25, 0.3) is 0 Å². The standard InChI is InChI=1S/C30H29N5O5/c1-20-7-4-5-9-25(20)35(28(37)15-14-27(36)33-26-17-21(2)40-34-26)29(23-8-6-16-31-19-23)30(38)32-18-22-10-12-24(39-3)13-11-22/h4-17,19,29H,18H2,1-3H3,(H,32,38)(H,33,34,36). The molecule has 2 N–H and O–H groups in total. The Kier molecular flexibility index (Phi) is 9.03. The number of rotatable bonds is 10. The highest BCUT2D eigenvalue weighted by atomic mass is 16.5. The number of pyridine rings is 1. The van der Waals surface area contributed by atoms with Gasteiger partial charge in [-0.15, -0.1) is 0 Å². The number of nitrogens with one attached hydrogen (secondary N) is 2. The molecule has 2 aromatic heterocycles. The maximum Gasteiger partial charge on any atom is 0.252 e. The number of ether oxygens (including phenoxy) is 1. The molecule has 0 saturated carbocycles.